The fourth-order valence-electron chi connectivity index (χ4n) is 2.04. The van der Waals surface area contributed by atoms with E-state index in [1.54, 1.807) is 7.11 Å². The van der Waals surface area contributed by atoms with E-state index in [2.05, 4.69) is 37.0 Å². The summed E-state index contributed by atoms with van der Waals surface area (Å²) in [6.45, 7) is 10.3. The van der Waals surface area contributed by atoms with Crippen molar-refractivity contribution in [2.45, 2.75) is 42.0 Å². The Morgan fingerprint density at radius 2 is 1.55 bits per heavy atom. The van der Waals surface area contributed by atoms with Crippen LogP contribution in [0.15, 0.2) is 47.5 Å². The molecule has 22 heavy (non-hydrogen) atoms. The summed E-state index contributed by atoms with van der Waals surface area (Å²) >= 11 is 0. The molecule has 0 amide bonds. The summed E-state index contributed by atoms with van der Waals surface area (Å²) in [6.07, 6.45) is 0. The number of aliphatic imine (C=N–C) groups is 1. The maximum absolute atomic E-state index is 5.15. The lowest BCUT2D eigenvalue weighted by molar-refractivity contribution is 0.415. The molecular weight excluding hydrogens is 270 g/mol. The summed E-state index contributed by atoms with van der Waals surface area (Å²) in [7, 11) is 1.67. The number of hydrogen-bond donors (Lipinski definition) is 0. The maximum atomic E-state index is 5.15. The summed E-state index contributed by atoms with van der Waals surface area (Å²) in [6, 6.07) is 14.2. The van der Waals surface area contributed by atoms with E-state index in [-0.39, 0.29) is 7.43 Å². The van der Waals surface area contributed by atoms with Crippen LogP contribution in [0.4, 0.5) is 5.69 Å². The van der Waals surface area contributed by atoms with Gasteiger partial charge in [0.05, 0.1) is 12.8 Å². The van der Waals surface area contributed by atoms with Gasteiger partial charge in [0.25, 0.3) is 0 Å². The number of ether oxygens (including phenoxy) is 1. The van der Waals surface area contributed by atoms with E-state index in [0.29, 0.717) is 0 Å². The van der Waals surface area contributed by atoms with Crippen LogP contribution >= 0.6 is 0 Å². The van der Waals surface area contributed by atoms with Gasteiger partial charge in [-0.3, -0.25) is 4.99 Å². The van der Waals surface area contributed by atoms with Crippen molar-refractivity contribution >= 4 is 11.4 Å². The second kappa shape index (κ2) is 9.78. The molecule has 0 spiro atoms. The topological polar surface area (TPSA) is 21.6 Å². The van der Waals surface area contributed by atoms with Gasteiger partial charge < -0.3 is 4.74 Å². The van der Waals surface area contributed by atoms with Crippen molar-refractivity contribution in [3.63, 3.8) is 0 Å². The molecule has 0 aliphatic carbocycles. The van der Waals surface area contributed by atoms with Crippen LogP contribution in [0.25, 0.3) is 0 Å². The average molecular weight is 299 g/mol. The van der Waals surface area contributed by atoms with Crippen molar-refractivity contribution in [2.24, 2.45) is 4.99 Å². The number of hydrogen-bond acceptors (Lipinski definition) is 2. The summed E-state index contributed by atoms with van der Waals surface area (Å²) < 4.78 is 5.15. The van der Waals surface area contributed by atoms with E-state index in [9.17, 15) is 0 Å². The molecule has 0 unspecified atom stereocenters. The molecule has 0 aliphatic heterocycles. The van der Waals surface area contributed by atoms with Crippen molar-refractivity contribution in [2.75, 3.05) is 7.11 Å². The third kappa shape index (κ3) is 5.36. The molecule has 2 rings (SSSR count). The first-order chi connectivity index (χ1) is 10.1. The predicted octanol–water partition coefficient (Wildman–Crippen LogP) is 6.12. The molecule has 2 nitrogen and oxygen atoms in total. The lowest BCUT2D eigenvalue weighted by Gasteiger charge is -2.07. The van der Waals surface area contributed by atoms with Gasteiger partial charge in [0.1, 0.15) is 5.75 Å². The van der Waals surface area contributed by atoms with E-state index in [4.69, 9.17) is 4.74 Å². The van der Waals surface area contributed by atoms with Crippen molar-refractivity contribution in [1.29, 1.82) is 0 Å². The van der Waals surface area contributed by atoms with Crippen LogP contribution in [0.5, 0.6) is 5.75 Å². The molecule has 0 bridgehead atoms. The predicted molar refractivity (Wildman–Crippen MR) is 98.9 cm³/mol. The summed E-state index contributed by atoms with van der Waals surface area (Å²) in [4.78, 5) is 4.67. The van der Waals surface area contributed by atoms with Crippen molar-refractivity contribution < 1.29 is 4.74 Å². The molecule has 0 atom stereocenters. The number of methoxy groups -OCH3 is 1. The Balaban J connectivity index is 0.00000141. The fourth-order valence-corrected chi connectivity index (χ4v) is 2.04. The lowest BCUT2D eigenvalue weighted by Crippen LogP contribution is -1.98. The Bertz CT molecular complexity index is 598. The van der Waals surface area contributed by atoms with Crippen molar-refractivity contribution in [3.05, 3.63) is 59.2 Å². The maximum Gasteiger partial charge on any atom is 0.119 e. The standard InChI is InChI=1S/C17H19NO.C2H6.CH4/c1-12-5-6-13(2)17(11-12)14(3)18-15-7-9-16(19-4)10-8-15;1-2;/h5-11H,1-4H3;1-2H3;1H4. The minimum atomic E-state index is 0. The van der Waals surface area contributed by atoms with Crippen molar-refractivity contribution in [1.82, 2.24) is 0 Å². The van der Waals surface area contributed by atoms with Crippen LogP contribution in [0.3, 0.4) is 0 Å². The molecule has 0 radical (unpaired) electrons. The van der Waals surface area contributed by atoms with E-state index in [1.165, 1.54) is 16.7 Å². The minimum Gasteiger partial charge on any atom is -0.497 e. The Hall–Kier alpha value is -2.09. The van der Waals surface area contributed by atoms with Gasteiger partial charge in [0.2, 0.25) is 0 Å². The number of nitrogens with zero attached hydrogens (tertiary/aromatic N) is 1. The first-order valence-electron chi connectivity index (χ1n) is 7.37. The molecule has 2 aromatic rings. The van der Waals surface area contributed by atoms with Gasteiger partial charge >= 0.3 is 0 Å². The van der Waals surface area contributed by atoms with Crippen LogP contribution in [-0.4, -0.2) is 12.8 Å². The number of rotatable bonds is 3. The van der Waals surface area contributed by atoms with Crippen LogP contribution in [0, 0.1) is 13.8 Å². The quantitative estimate of drug-likeness (QED) is 0.626. The summed E-state index contributed by atoms with van der Waals surface area (Å²) in [5.41, 5.74) is 5.69. The molecule has 0 aromatic heterocycles. The second-order valence-corrected chi connectivity index (χ2v) is 4.71. The van der Waals surface area contributed by atoms with Crippen molar-refractivity contribution in [3.8, 4) is 5.75 Å². The van der Waals surface area contributed by atoms with Gasteiger partial charge in [0, 0.05) is 5.71 Å². The zero-order valence-corrected chi connectivity index (χ0v) is 13.9. The molecule has 0 aliphatic rings. The lowest BCUT2D eigenvalue weighted by atomic mass is 10.0. The smallest absolute Gasteiger partial charge is 0.119 e. The number of aryl methyl sites for hydroxylation is 2. The zero-order chi connectivity index (χ0) is 15.8. The Labute approximate surface area is 135 Å². The van der Waals surface area contributed by atoms with E-state index >= 15 is 0 Å². The third-order valence-corrected chi connectivity index (χ3v) is 3.15. The van der Waals surface area contributed by atoms with Gasteiger partial charge in [-0.15, -0.1) is 0 Å². The molecule has 120 valence electrons. The van der Waals surface area contributed by atoms with Crippen LogP contribution in [0.2, 0.25) is 0 Å². The second-order valence-electron chi connectivity index (χ2n) is 4.71. The number of benzene rings is 2. The third-order valence-electron chi connectivity index (χ3n) is 3.15. The Morgan fingerprint density at radius 3 is 2.09 bits per heavy atom. The largest absolute Gasteiger partial charge is 0.497 e. The van der Waals surface area contributed by atoms with Gasteiger partial charge in [-0.05, 0) is 62.2 Å². The highest BCUT2D eigenvalue weighted by Gasteiger charge is 2.03. The monoisotopic (exact) mass is 299 g/mol. The first kappa shape index (κ1) is 19.9. The molecular formula is C20H29NO. The summed E-state index contributed by atoms with van der Waals surface area (Å²) in [5, 5.41) is 0. The molecule has 0 N–H and O–H groups in total. The minimum absolute atomic E-state index is 0. The highest BCUT2D eigenvalue weighted by atomic mass is 16.5. The Kier molecular flexibility index (Phi) is 8.85. The average Bonchev–Trinajstić information content (AvgIpc) is 2.52. The van der Waals surface area contributed by atoms with Crippen LogP contribution < -0.4 is 4.74 Å². The van der Waals surface area contributed by atoms with Gasteiger partial charge in [-0.2, -0.15) is 0 Å². The van der Waals surface area contributed by atoms with Crippen LogP contribution in [0.1, 0.15) is 44.9 Å². The fraction of sp³-hybridized carbons (Fsp3) is 0.350. The van der Waals surface area contributed by atoms with Gasteiger partial charge in [-0.25, -0.2) is 0 Å². The highest BCUT2D eigenvalue weighted by Crippen LogP contribution is 2.20. The van der Waals surface area contributed by atoms with E-state index < -0.39 is 0 Å². The highest BCUT2D eigenvalue weighted by molar-refractivity contribution is 6.01. The molecule has 0 saturated carbocycles. The molecule has 0 fully saturated rings. The van der Waals surface area contributed by atoms with E-state index in [1.807, 2.05) is 45.0 Å². The Morgan fingerprint density at radius 1 is 0.955 bits per heavy atom. The molecule has 0 saturated heterocycles. The summed E-state index contributed by atoms with van der Waals surface area (Å²) in [5.74, 6) is 0.850. The molecule has 2 aromatic carbocycles. The van der Waals surface area contributed by atoms with Gasteiger partial charge in [0.15, 0.2) is 0 Å². The zero-order valence-electron chi connectivity index (χ0n) is 13.9. The van der Waals surface area contributed by atoms with Gasteiger partial charge in [-0.1, -0.05) is 39.0 Å². The first-order valence-corrected chi connectivity index (χ1v) is 7.37. The van der Waals surface area contributed by atoms with Crippen LogP contribution in [-0.2, 0) is 0 Å². The molecule has 2 heteroatoms. The van der Waals surface area contributed by atoms with E-state index in [0.717, 1.165) is 17.1 Å². The molecule has 0 heterocycles. The normalized spacial score (nSPS) is 10.2. The SMILES string of the molecule is C.CC.COc1ccc(N=C(C)c2cc(C)ccc2C)cc1.